The molecule has 1 aliphatic heterocycles. The molecule has 112 valence electrons. The van der Waals surface area contributed by atoms with Gasteiger partial charge in [0.25, 0.3) is 0 Å². The Labute approximate surface area is 124 Å². The maximum atomic E-state index is 5.65. The number of ether oxygens (including phenoxy) is 3. The molecule has 2 aromatic rings. The standard InChI is InChI=1S/C16H20N2O3/c1-3-19-10-11(2)18-16-13-9-15-14(20-6-7-21-15)8-12(13)4-5-17-16/h4-5,8-9,11H,3,6-7,10H2,1-2H3,(H,17,18). The molecule has 2 heterocycles. The Morgan fingerprint density at radius 3 is 2.81 bits per heavy atom. The molecule has 1 N–H and O–H groups in total. The van der Waals surface area contributed by atoms with E-state index in [4.69, 9.17) is 14.2 Å². The Hall–Kier alpha value is -2.01. The van der Waals surface area contributed by atoms with E-state index in [2.05, 4.69) is 17.2 Å². The maximum absolute atomic E-state index is 5.65. The Balaban J connectivity index is 1.91. The number of nitrogens with one attached hydrogen (secondary N) is 1. The van der Waals surface area contributed by atoms with Gasteiger partial charge in [0, 0.05) is 24.2 Å². The van der Waals surface area contributed by atoms with Crippen molar-refractivity contribution in [1.29, 1.82) is 0 Å². The molecule has 1 atom stereocenters. The van der Waals surface area contributed by atoms with E-state index in [1.54, 1.807) is 6.20 Å². The number of anilines is 1. The van der Waals surface area contributed by atoms with Crippen molar-refractivity contribution in [2.45, 2.75) is 19.9 Å². The first-order valence-electron chi connectivity index (χ1n) is 7.30. The smallest absolute Gasteiger partial charge is 0.162 e. The van der Waals surface area contributed by atoms with Crippen LogP contribution >= 0.6 is 0 Å². The van der Waals surface area contributed by atoms with Gasteiger partial charge in [0.15, 0.2) is 11.5 Å². The van der Waals surface area contributed by atoms with Crippen molar-refractivity contribution in [3.05, 3.63) is 24.4 Å². The van der Waals surface area contributed by atoms with Crippen LogP contribution in [0.15, 0.2) is 24.4 Å². The Kier molecular flexibility index (Phi) is 4.10. The van der Waals surface area contributed by atoms with E-state index in [0.29, 0.717) is 26.4 Å². The van der Waals surface area contributed by atoms with E-state index in [-0.39, 0.29) is 6.04 Å². The van der Waals surface area contributed by atoms with Crippen LogP contribution in [0.5, 0.6) is 11.5 Å². The first-order chi connectivity index (χ1) is 10.3. The lowest BCUT2D eigenvalue weighted by Crippen LogP contribution is -2.22. The van der Waals surface area contributed by atoms with Crippen LogP contribution in [0.4, 0.5) is 5.82 Å². The summed E-state index contributed by atoms with van der Waals surface area (Å²) >= 11 is 0. The second kappa shape index (κ2) is 6.18. The third kappa shape index (κ3) is 3.03. The fourth-order valence-corrected chi connectivity index (χ4v) is 2.39. The zero-order valence-corrected chi connectivity index (χ0v) is 12.4. The van der Waals surface area contributed by atoms with Crippen molar-refractivity contribution in [3.8, 4) is 11.5 Å². The van der Waals surface area contributed by atoms with E-state index in [9.17, 15) is 0 Å². The summed E-state index contributed by atoms with van der Waals surface area (Å²) in [5, 5.41) is 5.51. The summed E-state index contributed by atoms with van der Waals surface area (Å²) in [5.41, 5.74) is 0. The fourth-order valence-electron chi connectivity index (χ4n) is 2.39. The number of nitrogens with zero attached hydrogens (tertiary/aromatic N) is 1. The zero-order chi connectivity index (χ0) is 14.7. The molecule has 3 rings (SSSR count). The highest BCUT2D eigenvalue weighted by molar-refractivity contribution is 5.94. The van der Waals surface area contributed by atoms with Crippen LogP contribution < -0.4 is 14.8 Å². The van der Waals surface area contributed by atoms with Crippen LogP contribution in [0.2, 0.25) is 0 Å². The van der Waals surface area contributed by atoms with Crippen LogP contribution in [0, 0.1) is 0 Å². The molecule has 0 amide bonds. The van der Waals surface area contributed by atoms with Crippen molar-refractivity contribution >= 4 is 16.6 Å². The van der Waals surface area contributed by atoms with Crippen LogP contribution in [0.3, 0.4) is 0 Å². The number of fused-ring (bicyclic) bond motifs is 2. The molecule has 0 fully saturated rings. The molecule has 0 spiro atoms. The Bertz CT molecular complexity index is 630. The van der Waals surface area contributed by atoms with Gasteiger partial charge in [0.1, 0.15) is 19.0 Å². The number of rotatable bonds is 5. The van der Waals surface area contributed by atoms with Crippen molar-refractivity contribution in [2.24, 2.45) is 0 Å². The number of benzene rings is 1. The molecule has 5 nitrogen and oxygen atoms in total. The molecular formula is C16H20N2O3. The minimum Gasteiger partial charge on any atom is -0.486 e. The molecule has 0 saturated carbocycles. The van der Waals surface area contributed by atoms with Crippen molar-refractivity contribution in [3.63, 3.8) is 0 Å². The summed E-state index contributed by atoms with van der Waals surface area (Å²) in [6.07, 6.45) is 1.80. The van der Waals surface area contributed by atoms with Crippen LogP contribution in [0.1, 0.15) is 13.8 Å². The molecule has 5 heteroatoms. The summed E-state index contributed by atoms with van der Waals surface area (Å²) in [6, 6.07) is 6.17. The normalized spacial score (nSPS) is 15.0. The molecule has 1 aromatic carbocycles. The van der Waals surface area contributed by atoms with E-state index < -0.39 is 0 Å². The topological polar surface area (TPSA) is 52.6 Å². The second-order valence-electron chi connectivity index (χ2n) is 5.08. The van der Waals surface area contributed by atoms with Crippen molar-refractivity contribution in [2.75, 3.05) is 31.7 Å². The van der Waals surface area contributed by atoms with Gasteiger partial charge in [-0.2, -0.15) is 0 Å². The number of hydrogen-bond donors (Lipinski definition) is 1. The van der Waals surface area contributed by atoms with E-state index in [1.165, 1.54) is 0 Å². The van der Waals surface area contributed by atoms with Crippen LogP contribution in [-0.2, 0) is 4.74 Å². The van der Waals surface area contributed by atoms with E-state index >= 15 is 0 Å². The van der Waals surface area contributed by atoms with E-state index in [1.807, 2.05) is 25.1 Å². The third-order valence-electron chi connectivity index (χ3n) is 3.38. The highest BCUT2D eigenvalue weighted by atomic mass is 16.6. The number of pyridine rings is 1. The van der Waals surface area contributed by atoms with Gasteiger partial charge in [-0.1, -0.05) is 0 Å². The predicted octanol–water partition coefficient (Wildman–Crippen LogP) is 2.84. The maximum Gasteiger partial charge on any atom is 0.162 e. The zero-order valence-electron chi connectivity index (χ0n) is 12.4. The van der Waals surface area contributed by atoms with Crippen LogP contribution in [0.25, 0.3) is 10.8 Å². The third-order valence-corrected chi connectivity index (χ3v) is 3.38. The molecule has 0 radical (unpaired) electrons. The van der Waals surface area contributed by atoms with E-state index in [0.717, 1.165) is 28.1 Å². The fraction of sp³-hybridized carbons (Fsp3) is 0.438. The molecule has 1 unspecified atom stereocenters. The first-order valence-corrected chi connectivity index (χ1v) is 7.30. The van der Waals surface area contributed by atoms with Crippen LogP contribution in [-0.4, -0.2) is 37.5 Å². The highest BCUT2D eigenvalue weighted by Crippen LogP contribution is 2.36. The molecule has 1 aromatic heterocycles. The summed E-state index contributed by atoms with van der Waals surface area (Å²) in [4.78, 5) is 4.44. The minimum absolute atomic E-state index is 0.191. The second-order valence-corrected chi connectivity index (χ2v) is 5.08. The average molecular weight is 288 g/mol. The molecular weight excluding hydrogens is 268 g/mol. The molecule has 0 aliphatic carbocycles. The quantitative estimate of drug-likeness (QED) is 0.917. The molecule has 1 aliphatic rings. The summed E-state index contributed by atoms with van der Waals surface area (Å²) in [7, 11) is 0. The van der Waals surface area contributed by atoms with Gasteiger partial charge < -0.3 is 19.5 Å². The first kappa shape index (κ1) is 13.9. The lowest BCUT2D eigenvalue weighted by molar-refractivity contribution is 0.141. The van der Waals surface area contributed by atoms with Gasteiger partial charge in [-0.15, -0.1) is 0 Å². The van der Waals surface area contributed by atoms with Gasteiger partial charge in [-0.25, -0.2) is 4.98 Å². The highest BCUT2D eigenvalue weighted by Gasteiger charge is 2.15. The van der Waals surface area contributed by atoms with Crippen molar-refractivity contribution in [1.82, 2.24) is 4.98 Å². The Morgan fingerprint density at radius 2 is 2.05 bits per heavy atom. The average Bonchev–Trinajstić information content (AvgIpc) is 2.51. The lowest BCUT2D eigenvalue weighted by atomic mass is 10.1. The monoisotopic (exact) mass is 288 g/mol. The predicted molar refractivity (Wildman–Crippen MR) is 82.3 cm³/mol. The van der Waals surface area contributed by atoms with Gasteiger partial charge in [-0.05, 0) is 37.4 Å². The molecule has 21 heavy (non-hydrogen) atoms. The molecule has 0 saturated heterocycles. The Morgan fingerprint density at radius 1 is 1.29 bits per heavy atom. The SMILES string of the molecule is CCOCC(C)Nc1nccc2cc3c(cc12)OCCO3. The largest absolute Gasteiger partial charge is 0.486 e. The van der Waals surface area contributed by atoms with Crippen molar-refractivity contribution < 1.29 is 14.2 Å². The number of aromatic nitrogens is 1. The number of hydrogen-bond acceptors (Lipinski definition) is 5. The summed E-state index contributed by atoms with van der Waals surface area (Å²) in [6.45, 7) is 6.62. The molecule has 0 bridgehead atoms. The summed E-state index contributed by atoms with van der Waals surface area (Å²) < 4.78 is 16.7. The van der Waals surface area contributed by atoms with Gasteiger partial charge >= 0.3 is 0 Å². The summed E-state index contributed by atoms with van der Waals surface area (Å²) in [5.74, 6) is 2.42. The van der Waals surface area contributed by atoms with Gasteiger partial charge in [-0.3, -0.25) is 0 Å². The van der Waals surface area contributed by atoms with Gasteiger partial charge in [0.05, 0.1) is 6.61 Å². The van der Waals surface area contributed by atoms with Gasteiger partial charge in [0.2, 0.25) is 0 Å². The lowest BCUT2D eigenvalue weighted by Gasteiger charge is -2.20. The minimum atomic E-state index is 0.191.